The van der Waals surface area contributed by atoms with E-state index in [-0.39, 0.29) is 28.3 Å². The standard InChI is InChI=1S/C14H11FN4O2/c1-21-14(20)9-5-8(17)7-18-13(9)19-12-4-2-3-11(15)10(12)6-16/h2-5,7H,17H2,1H3,(H,18,19). The highest BCUT2D eigenvalue weighted by molar-refractivity contribution is 5.96. The van der Waals surface area contributed by atoms with E-state index in [1.54, 1.807) is 6.07 Å². The molecule has 0 bridgehead atoms. The minimum absolute atomic E-state index is 0.0886. The largest absolute Gasteiger partial charge is 0.465 e. The minimum atomic E-state index is -0.669. The number of ether oxygens (including phenoxy) is 1. The monoisotopic (exact) mass is 286 g/mol. The van der Waals surface area contributed by atoms with Gasteiger partial charge < -0.3 is 15.8 Å². The molecule has 7 heteroatoms. The molecule has 0 saturated heterocycles. The Kier molecular flexibility index (Phi) is 4.00. The molecule has 106 valence electrons. The number of rotatable bonds is 3. The average molecular weight is 286 g/mol. The summed E-state index contributed by atoms with van der Waals surface area (Å²) in [5.74, 6) is -1.19. The number of pyridine rings is 1. The van der Waals surface area contributed by atoms with E-state index in [9.17, 15) is 9.18 Å². The second kappa shape index (κ2) is 5.88. The zero-order valence-electron chi connectivity index (χ0n) is 11.1. The van der Waals surface area contributed by atoms with Crippen molar-refractivity contribution in [2.75, 3.05) is 18.2 Å². The molecule has 2 aromatic rings. The number of hydrogen-bond donors (Lipinski definition) is 2. The summed E-state index contributed by atoms with van der Waals surface area (Å²) >= 11 is 0. The molecule has 3 N–H and O–H groups in total. The SMILES string of the molecule is COC(=O)c1cc(N)cnc1Nc1cccc(F)c1C#N. The lowest BCUT2D eigenvalue weighted by Gasteiger charge is -2.11. The molecule has 0 radical (unpaired) electrons. The van der Waals surface area contributed by atoms with E-state index < -0.39 is 11.8 Å². The van der Waals surface area contributed by atoms with Crippen molar-refractivity contribution in [3.05, 3.63) is 47.4 Å². The highest BCUT2D eigenvalue weighted by atomic mass is 19.1. The number of hydrogen-bond acceptors (Lipinski definition) is 6. The van der Waals surface area contributed by atoms with E-state index in [4.69, 9.17) is 11.0 Å². The molecule has 0 aliphatic carbocycles. The summed E-state index contributed by atoms with van der Waals surface area (Å²) in [4.78, 5) is 15.7. The number of nitrogens with one attached hydrogen (secondary N) is 1. The van der Waals surface area contributed by atoms with Crippen LogP contribution in [0.15, 0.2) is 30.5 Å². The lowest BCUT2D eigenvalue weighted by molar-refractivity contribution is 0.0601. The first-order chi connectivity index (χ1) is 10.1. The van der Waals surface area contributed by atoms with Crippen LogP contribution >= 0.6 is 0 Å². The molecule has 0 spiro atoms. The van der Waals surface area contributed by atoms with Gasteiger partial charge in [0.2, 0.25) is 0 Å². The Bertz CT molecular complexity index is 740. The summed E-state index contributed by atoms with van der Waals surface area (Å²) in [7, 11) is 1.22. The first kappa shape index (κ1) is 14.3. The fourth-order valence-electron chi connectivity index (χ4n) is 1.72. The summed E-state index contributed by atoms with van der Waals surface area (Å²) in [5, 5.41) is 11.7. The molecule has 0 saturated carbocycles. The Labute approximate surface area is 120 Å². The molecule has 1 heterocycles. The van der Waals surface area contributed by atoms with Gasteiger partial charge in [-0.2, -0.15) is 5.26 Å². The molecule has 1 aromatic carbocycles. The van der Waals surface area contributed by atoms with E-state index >= 15 is 0 Å². The Morgan fingerprint density at radius 3 is 2.95 bits per heavy atom. The topological polar surface area (TPSA) is 101 Å². The maximum Gasteiger partial charge on any atom is 0.341 e. The summed E-state index contributed by atoms with van der Waals surface area (Å²) < 4.78 is 18.2. The highest BCUT2D eigenvalue weighted by Gasteiger charge is 2.16. The van der Waals surface area contributed by atoms with E-state index in [0.29, 0.717) is 0 Å². The third kappa shape index (κ3) is 2.90. The number of carbonyl (C=O) groups excluding carboxylic acids is 1. The van der Waals surface area contributed by atoms with Crippen LogP contribution in [0.4, 0.5) is 21.6 Å². The smallest absolute Gasteiger partial charge is 0.341 e. The predicted molar refractivity (Wildman–Crippen MR) is 74.4 cm³/mol. The quantitative estimate of drug-likeness (QED) is 0.839. The van der Waals surface area contributed by atoms with Gasteiger partial charge in [-0.15, -0.1) is 0 Å². The van der Waals surface area contributed by atoms with Gasteiger partial charge in [-0.1, -0.05) is 6.07 Å². The van der Waals surface area contributed by atoms with E-state index in [0.717, 1.165) is 0 Å². The number of nitrogens with two attached hydrogens (primary N) is 1. The average Bonchev–Trinajstić information content (AvgIpc) is 2.48. The van der Waals surface area contributed by atoms with Crippen LogP contribution in [-0.2, 0) is 4.74 Å². The normalized spacial score (nSPS) is 9.76. The summed E-state index contributed by atoms with van der Waals surface area (Å²) in [6.07, 6.45) is 1.33. The number of esters is 1. The van der Waals surface area contributed by atoms with Crippen LogP contribution in [0.3, 0.4) is 0 Å². The van der Waals surface area contributed by atoms with Crippen molar-refractivity contribution in [2.24, 2.45) is 0 Å². The number of nitrogen functional groups attached to an aromatic ring is 1. The maximum atomic E-state index is 13.5. The van der Waals surface area contributed by atoms with Crippen molar-refractivity contribution in [1.29, 1.82) is 5.26 Å². The van der Waals surface area contributed by atoms with Crippen molar-refractivity contribution >= 4 is 23.2 Å². The van der Waals surface area contributed by atoms with Crippen molar-refractivity contribution in [3.63, 3.8) is 0 Å². The van der Waals surface area contributed by atoms with E-state index in [2.05, 4.69) is 15.0 Å². The fourth-order valence-corrected chi connectivity index (χ4v) is 1.72. The molecule has 0 fully saturated rings. The Balaban J connectivity index is 2.48. The van der Waals surface area contributed by atoms with E-state index in [1.807, 2.05) is 0 Å². The molecule has 0 amide bonds. The third-order valence-corrected chi connectivity index (χ3v) is 2.69. The minimum Gasteiger partial charge on any atom is -0.465 e. The molecule has 6 nitrogen and oxygen atoms in total. The van der Waals surface area contributed by atoms with Crippen molar-refractivity contribution < 1.29 is 13.9 Å². The molecule has 0 aliphatic heterocycles. The molecule has 1 aromatic heterocycles. The van der Waals surface area contributed by atoms with Gasteiger partial charge >= 0.3 is 5.97 Å². The zero-order valence-corrected chi connectivity index (χ0v) is 11.1. The molecule has 2 rings (SSSR count). The van der Waals surface area contributed by atoms with Gasteiger partial charge in [-0.3, -0.25) is 0 Å². The molecule has 0 unspecified atom stereocenters. The van der Waals surface area contributed by atoms with Crippen LogP contribution in [0, 0.1) is 17.1 Å². The van der Waals surface area contributed by atoms with Gasteiger partial charge in [0.1, 0.15) is 28.8 Å². The third-order valence-electron chi connectivity index (χ3n) is 2.69. The zero-order chi connectivity index (χ0) is 15.4. The molecule has 21 heavy (non-hydrogen) atoms. The number of nitrogens with zero attached hydrogens (tertiary/aromatic N) is 2. The molecule has 0 atom stereocenters. The van der Waals surface area contributed by atoms with Crippen LogP contribution in [0.5, 0.6) is 0 Å². The molecule has 0 aliphatic rings. The number of halogens is 1. The van der Waals surface area contributed by atoms with Crippen LogP contribution < -0.4 is 11.1 Å². The summed E-state index contributed by atoms with van der Waals surface area (Å²) in [5.41, 5.74) is 5.97. The number of nitriles is 1. The van der Waals surface area contributed by atoms with Gasteiger partial charge in [-0.05, 0) is 18.2 Å². The number of carbonyl (C=O) groups is 1. The molecular formula is C14H11FN4O2. The molecular weight excluding hydrogens is 275 g/mol. The first-order valence-electron chi connectivity index (χ1n) is 5.86. The number of anilines is 3. The van der Waals surface area contributed by atoms with Crippen molar-refractivity contribution in [1.82, 2.24) is 4.98 Å². The number of methoxy groups -OCH3 is 1. The van der Waals surface area contributed by atoms with Crippen LogP contribution in [0.2, 0.25) is 0 Å². The predicted octanol–water partition coefficient (Wildman–Crippen LogP) is 2.20. The van der Waals surface area contributed by atoms with Gasteiger partial charge in [-0.25, -0.2) is 14.2 Å². The Morgan fingerprint density at radius 2 is 2.29 bits per heavy atom. The van der Waals surface area contributed by atoms with Crippen molar-refractivity contribution in [3.8, 4) is 6.07 Å². The second-order valence-corrected chi connectivity index (χ2v) is 4.06. The maximum absolute atomic E-state index is 13.5. The summed E-state index contributed by atoms with van der Waals surface area (Å²) in [6, 6.07) is 7.24. The van der Waals surface area contributed by atoms with Gasteiger partial charge in [0.15, 0.2) is 0 Å². The number of aromatic nitrogens is 1. The van der Waals surface area contributed by atoms with E-state index in [1.165, 1.54) is 37.6 Å². The fraction of sp³-hybridized carbons (Fsp3) is 0.0714. The van der Waals surface area contributed by atoms with Crippen molar-refractivity contribution in [2.45, 2.75) is 0 Å². The highest BCUT2D eigenvalue weighted by Crippen LogP contribution is 2.25. The van der Waals surface area contributed by atoms with Crippen LogP contribution in [0.25, 0.3) is 0 Å². The lowest BCUT2D eigenvalue weighted by atomic mass is 10.1. The summed E-state index contributed by atoms with van der Waals surface area (Å²) in [6.45, 7) is 0. The first-order valence-corrected chi connectivity index (χ1v) is 5.86. The van der Waals surface area contributed by atoms with Crippen LogP contribution in [-0.4, -0.2) is 18.1 Å². The van der Waals surface area contributed by atoms with Gasteiger partial charge in [0, 0.05) is 0 Å². The Morgan fingerprint density at radius 1 is 1.52 bits per heavy atom. The Hall–Kier alpha value is -3.14. The second-order valence-electron chi connectivity index (χ2n) is 4.06. The lowest BCUT2D eigenvalue weighted by Crippen LogP contribution is -2.09. The van der Waals surface area contributed by atoms with Gasteiger partial charge in [0.05, 0.1) is 24.7 Å². The van der Waals surface area contributed by atoms with Crippen LogP contribution in [0.1, 0.15) is 15.9 Å². The number of benzene rings is 1. The van der Waals surface area contributed by atoms with Gasteiger partial charge in [0.25, 0.3) is 0 Å².